The van der Waals surface area contributed by atoms with Gasteiger partial charge in [0.25, 0.3) is 0 Å². The molecule has 0 fully saturated rings. The lowest BCUT2D eigenvalue weighted by Crippen LogP contribution is -2.11. The smallest absolute Gasteiger partial charge is 0.258 e. The number of nitrogens with one attached hydrogen (secondary N) is 1. The number of H-pyrrole nitrogens is 1. The fraction of sp³-hybridized carbons (Fsp3) is 0.143. The van der Waals surface area contributed by atoms with Gasteiger partial charge in [-0.25, -0.2) is 0 Å². The molecular formula is C14H8Cl2F3N5. The van der Waals surface area contributed by atoms with E-state index in [2.05, 4.69) is 25.6 Å². The van der Waals surface area contributed by atoms with Gasteiger partial charge in [0.1, 0.15) is 0 Å². The maximum Gasteiger partial charge on any atom is 0.417 e. The van der Waals surface area contributed by atoms with E-state index in [4.69, 9.17) is 23.2 Å². The minimum absolute atomic E-state index is 0.144. The van der Waals surface area contributed by atoms with E-state index in [9.17, 15) is 13.2 Å². The molecule has 0 amide bonds. The lowest BCUT2D eigenvalue weighted by Gasteiger charge is -2.16. The Morgan fingerprint density at radius 2 is 1.79 bits per heavy atom. The van der Waals surface area contributed by atoms with E-state index in [-0.39, 0.29) is 16.5 Å². The number of benzene rings is 1. The highest BCUT2D eigenvalue weighted by Crippen LogP contribution is 2.36. The topological polar surface area (TPSA) is 67.3 Å². The quantitative estimate of drug-likeness (QED) is 0.750. The van der Waals surface area contributed by atoms with Crippen LogP contribution in [0.3, 0.4) is 0 Å². The van der Waals surface area contributed by atoms with Crippen molar-refractivity contribution in [3.8, 4) is 0 Å². The summed E-state index contributed by atoms with van der Waals surface area (Å²) in [5.74, 6) is -0.456. The molecule has 0 saturated carbocycles. The highest BCUT2D eigenvalue weighted by Gasteiger charge is 2.33. The Labute approximate surface area is 143 Å². The van der Waals surface area contributed by atoms with Crippen molar-refractivity contribution in [3.63, 3.8) is 0 Å². The molecule has 0 aliphatic rings. The van der Waals surface area contributed by atoms with E-state index < -0.39 is 17.7 Å². The third-order valence-corrected chi connectivity index (χ3v) is 3.85. The second kappa shape index (κ2) is 6.37. The Bertz CT molecular complexity index is 835. The van der Waals surface area contributed by atoms with Gasteiger partial charge in [0.15, 0.2) is 5.82 Å². The molecule has 3 aromatic rings. The first-order chi connectivity index (χ1) is 11.4. The van der Waals surface area contributed by atoms with Crippen molar-refractivity contribution in [3.05, 3.63) is 69.2 Å². The summed E-state index contributed by atoms with van der Waals surface area (Å²) >= 11 is 11.9. The van der Waals surface area contributed by atoms with E-state index in [1.165, 1.54) is 0 Å². The molecule has 3 rings (SSSR count). The van der Waals surface area contributed by atoms with E-state index in [0.29, 0.717) is 10.6 Å². The highest BCUT2D eigenvalue weighted by molar-refractivity contribution is 6.31. The predicted molar refractivity (Wildman–Crippen MR) is 80.8 cm³/mol. The normalized spacial score (nSPS) is 13.0. The molecule has 24 heavy (non-hydrogen) atoms. The van der Waals surface area contributed by atoms with Gasteiger partial charge in [-0.3, -0.25) is 4.98 Å². The molecule has 5 nitrogen and oxygen atoms in total. The van der Waals surface area contributed by atoms with Crippen LogP contribution in [0.1, 0.15) is 28.6 Å². The Morgan fingerprint density at radius 3 is 2.33 bits per heavy atom. The third-order valence-electron chi connectivity index (χ3n) is 3.29. The van der Waals surface area contributed by atoms with E-state index in [1.54, 1.807) is 24.3 Å². The largest absolute Gasteiger partial charge is 0.417 e. The zero-order valence-corrected chi connectivity index (χ0v) is 13.2. The molecule has 0 radical (unpaired) electrons. The fourth-order valence-electron chi connectivity index (χ4n) is 2.19. The highest BCUT2D eigenvalue weighted by atomic mass is 35.5. The molecule has 0 spiro atoms. The summed E-state index contributed by atoms with van der Waals surface area (Å²) in [6.07, 6.45) is -3.80. The van der Waals surface area contributed by atoms with Gasteiger partial charge in [0, 0.05) is 11.2 Å². The van der Waals surface area contributed by atoms with Crippen LogP contribution < -0.4 is 0 Å². The van der Waals surface area contributed by atoms with Crippen LogP contribution in [-0.2, 0) is 6.18 Å². The Hall–Kier alpha value is -2.19. The Kier molecular flexibility index (Phi) is 4.42. The SMILES string of the molecule is FC(F)(F)c1cnc([C@H](c2ccc(Cl)cc2)c2nn[nH]n2)c(Cl)c1. The van der Waals surface area contributed by atoms with Crippen LogP contribution in [0, 0.1) is 0 Å². The lowest BCUT2D eigenvalue weighted by molar-refractivity contribution is -0.137. The fourth-order valence-corrected chi connectivity index (χ4v) is 2.59. The lowest BCUT2D eigenvalue weighted by atomic mass is 9.94. The molecule has 0 unspecified atom stereocenters. The summed E-state index contributed by atoms with van der Waals surface area (Å²) in [7, 11) is 0. The summed E-state index contributed by atoms with van der Waals surface area (Å²) < 4.78 is 38.4. The van der Waals surface area contributed by atoms with Gasteiger partial charge >= 0.3 is 6.18 Å². The van der Waals surface area contributed by atoms with Gasteiger partial charge in [-0.1, -0.05) is 40.5 Å². The van der Waals surface area contributed by atoms with Crippen LogP contribution in [0.2, 0.25) is 10.0 Å². The van der Waals surface area contributed by atoms with Crippen LogP contribution in [0.25, 0.3) is 0 Å². The van der Waals surface area contributed by atoms with E-state index in [1.807, 2.05) is 0 Å². The van der Waals surface area contributed by atoms with Gasteiger partial charge in [-0.2, -0.15) is 18.4 Å². The molecule has 10 heteroatoms. The summed E-state index contributed by atoms with van der Waals surface area (Å²) in [6.45, 7) is 0. The van der Waals surface area contributed by atoms with Crippen LogP contribution in [0.4, 0.5) is 13.2 Å². The zero-order chi connectivity index (χ0) is 17.3. The number of aromatic nitrogens is 5. The third kappa shape index (κ3) is 3.34. The molecular weight excluding hydrogens is 366 g/mol. The number of hydrogen-bond donors (Lipinski definition) is 1. The zero-order valence-electron chi connectivity index (χ0n) is 11.7. The number of pyridine rings is 1. The van der Waals surface area contributed by atoms with E-state index in [0.717, 1.165) is 12.3 Å². The van der Waals surface area contributed by atoms with Gasteiger partial charge in [-0.05, 0) is 23.8 Å². The van der Waals surface area contributed by atoms with Crippen molar-refractivity contribution in [2.45, 2.75) is 12.1 Å². The molecule has 2 aromatic heterocycles. The molecule has 1 atom stereocenters. The monoisotopic (exact) mass is 373 g/mol. The Morgan fingerprint density at radius 1 is 1.08 bits per heavy atom. The van der Waals surface area contributed by atoms with Crippen molar-refractivity contribution in [1.29, 1.82) is 0 Å². The first-order valence-electron chi connectivity index (χ1n) is 6.57. The van der Waals surface area contributed by atoms with Gasteiger partial charge in [0.05, 0.1) is 22.2 Å². The molecule has 1 aromatic carbocycles. The molecule has 124 valence electrons. The second-order valence-corrected chi connectivity index (χ2v) is 5.69. The van der Waals surface area contributed by atoms with Crippen molar-refractivity contribution < 1.29 is 13.2 Å². The minimum atomic E-state index is -4.53. The van der Waals surface area contributed by atoms with Crippen LogP contribution >= 0.6 is 23.2 Å². The molecule has 0 aliphatic carbocycles. The molecule has 2 heterocycles. The van der Waals surface area contributed by atoms with Crippen molar-refractivity contribution in [2.75, 3.05) is 0 Å². The van der Waals surface area contributed by atoms with Crippen LogP contribution in [0.5, 0.6) is 0 Å². The summed E-state index contributed by atoms with van der Waals surface area (Å²) in [5, 5.41) is 14.0. The summed E-state index contributed by atoms with van der Waals surface area (Å²) in [4.78, 5) is 3.89. The number of aromatic amines is 1. The van der Waals surface area contributed by atoms with E-state index >= 15 is 0 Å². The number of nitrogens with zero attached hydrogens (tertiary/aromatic N) is 4. The van der Waals surface area contributed by atoms with Gasteiger partial charge in [0.2, 0.25) is 0 Å². The van der Waals surface area contributed by atoms with Crippen molar-refractivity contribution >= 4 is 23.2 Å². The molecule has 0 saturated heterocycles. The first-order valence-corrected chi connectivity index (χ1v) is 7.33. The maximum atomic E-state index is 12.8. The standard InChI is InChI=1S/C14H8Cl2F3N5/c15-9-3-1-7(2-4-9)11(13-21-23-24-22-13)12-10(16)5-8(6-20-12)14(17,18)19/h1-6,11H,(H,21,22,23,24)/t11-/m0/s1. The molecule has 0 aliphatic heterocycles. The average molecular weight is 374 g/mol. The van der Waals surface area contributed by atoms with Crippen LogP contribution in [-0.4, -0.2) is 25.6 Å². The number of hydrogen-bond acceptors (Lipinski definition) is 4. The molecule has 1 N–H and O–H groups in total. The Balaban J connectivity index is 2.11. The maximum absolute atomic E-state index is 12.8. The number of rotatable bonds is 3. The minimum Gasteiger partial charge on any atom is -0.258 e. The van der Waals surface area contributed by atoms with Gasteiger partial charge < -0.3 is 0 Å². The number of alkyl halides is 3. The van der Waals surface area contributed by atoms with Crippen LogP contribution in [0.15, 0.2) is 36.5 Å². The second-order valence-electron chi connectivity index (χ2n) is 4.84. The summed E-state index contributed by atoms with van der Waals surface area (Å²) in [5.41, 5.74) is -0.0810. The molecule has 0 bridgehead atoms. The average Bonchev–Trinajstić information content (AvgIpc) is 3.04. The number of halogens is 5. The van der Waals surface area contributed by atoms with Crippen molar-refractivity contribution in [1.82, 2.24) is 25.6 Å². The number of tetrazole rings is 1. The predicted octanol–water partition coefficient (Wildman–Crippen LogP) is 4.10. The van der Waals surface area contributed by atoms with Crippen molar-refractivity contribution in [2.24, 2.45) is 0 Å². The summed E-state index contributed by atoms with van der Waals surface area (Å²) in [6, 6.07) is 7.49. The van der Waals surface area contributed by atoms with Gasteiger partial charge in [-0.15, -0.1) is 10.2 Å². The first kappa shape index (κ1) is 16.7.